The molecule has 0 aliphatic heterocycles. The van der Waals surface area contributed by atoms with Gasteiger partial charge < -0.3 is 16.6 Å². The monoisotopic (exact) mass is 322 g/mol. The zero-order valence-corrected chi connectivity index (χ0v) is 10.7. The molecule has 14 heavy (non-hydrogen) atoms. The first-order valence-corrected chi connectivity index (χ1v) is 5.78. The molecule has 0 saturated heterocycles. The molecule has 0 radical (unpaired) electrons. The molecular weight excluding hydrogens is 312 g/mol. The van der Waals surface area contributed by atoms with Crippen molar-refractivity contribution in [1.82, 2.24) is 0 Å². The fourth-order valence-electron chi connectivity index (χ4n) is 1.20. The molecule has 5 heteroatoms. The lowest BCUT2D eigenvalue weighted by Crippen LogP contribution is -2.15. The fourth-order valence-corrected chi connectivity index (χ4v) is 2.46. The van der Waals surface area contributed by atoms with Gasteiger partial charge in [-0.1, -0.05) is 15.9 Å². The van der Waals surface area contributed by atoms with Crippen LogP contribution in [0.15, 0.2) is 21.1 Å². The lowest BCUT2D eigenvalue weighted by Gasteiger charge is -2.14. The molecule has 1 aromatic carbocycles. The number of hydrogen-bond acceptors (Lipinski definition) is 3. The van der Waals surface area contributed by atoms with E-state index in [-0.39, 0.29) is 11.8 Å². The molecule has 1 aromatic rings. The van der Waals surface area contributed by atoms with Crippen molar-refractivity contribution in [2.75, 3.05) is 6.54 Å². The van der Waals surface area contributed by atoms with Gasteiger partial charge in [0, 0.05) is 16.1 Å². The van der Waals surface area contributed by atoms with Gasteiger partial charge in [0.05, 0.1) is 4.47 Å². The average molecular weight is 324 g/mol. The van der Waals surface area contributed by atoms with Crippen molar-refractivity contribution in [3.05, 3.63) is 26.6 Å². The van der Waals surface area contributed by atoms with Crippen LogP contribution < -0.4 is 11.5 Å². The van der Waals surface area contributed by atoms with Gasteiger partial charge >= 0.3 is 0 Å². The number of rotatable bonds is 3. The van der Waals surface area contributed by atoms with Gasteiger partial charge in [-0.05, 0) is 41.0 Å². The molecule has 0 aliphatic carbocycles. The Kier molecular flexibility index (Phi) is 4.37. The van der Waals surface area contributed by atoms with E-state index in [2.05, 4.69) is 31.9 Å². The van der Waals surface area contributed by atoms with E-state index in [0.29, 0.717) is 23.0 Å². The minimum Gasteiger partial charge on any atom is -0.506 e. The molecule has 0 aliphatic rings. The Hall–Kier alpha value is -0.100. The maximum atomic E-state index is 9.73. The number of hydrogen-bond donors (Lipinski definition) is 3. The highest BCUT2D eigenvalue weighted by Gasteiger charge is 2.13. The quantitative estimate of drug-likeness (QED) is 0.799. The van der Waals surface area contributed by atoms with E-state index in [0.717, 1.165) is 4.47 Å². The number of phenols is 1. The first-order valence-electron chi connectivity index (χ1n) is 4.19. The van der Waals surface area contributed by atoms with Crippen LogP contribution in [0.25, 0.3) is 0 Å². The second kappa shape index (κ2) is 5.11. The van der Waals surface area contributed by atoms with Crippen LogP contribution in [-0.4, -0.2) is 11.7 Å². The maximum absolute atomic E-state index is 9.73. The molecule has 0 saturated carbocycles. The molecule has 0 bridgehead atoms. The van der Waals surface area contributed by atoms with Crippen molar-refractivity contribution in [3.8, 4) is 5.75 Å². The van der Waals surface area contributed by atoms with Crippen LogP contribution in [0.2, 0.25) is 0 Å². The topological polar surface area (TPSA) is 72.3 Å². The zero-order chi connectivity index (χ0) is 10.7. The third-order valence-corrected chi connectivity index (χ3v) is 3.00. The van der Waals surface area contributed by atoms with Crippen molar-refractivity contribution in [1.29, 1.82) is 0 Å². The Bertz CT molecular complexity index is 331. The summed E-state index contributed by atoms with van der Waals surface area (Å²) in [5.74, 6) is 0.189. The standard InChI is InChI=1S/C9H12Br2N2O/c10-5-3-6(8(13)1-2-12)9(14)7(11)4-5/h3-4,8,14H,1-2,12-13H2/t8-/m1/s1. The van der Waals surface area contributed by atoms with E-state index < -0.39 is 0 Å². The predicted octanol–water partition coefficient (Wildman–Crippen LogP) is 2.27. The molecule has 1 rings (SSSR count). The van der Waals surface area contributed by atoms with Crippen LogP contribution in [-0.2, 0) is 0 Å². The summed E-state index contributed by atoms with van der Waals surface area (Å²) in [6.07, 6.45) is 0.649. The molecule has 0 spiro atoms. The van der Waals surface area contributed by atoms with Gasteiger partial charge in [-0.3, -0.25) is 0 Å². The van der Waals surface area contributed by atoms with Gasteiger partial charge in [-0.15, -0.1) is 0 Å². The fraction of sp³-hybridized carbons (Fsp3) is 0.333. The van der Waals surface area contributed by atoms with Crippen LogP contribution >= 0.6 is 31.9 Å². The Labute approximate surface area is 99.7 Å². The molecular formula is C9H12Br2N2O. The third-order valence-electron chi connectivity index (χ3n) is 1.93. The molecule has 0 unspecified atom stereocenters. The average Bonchev–Trinajstić information content (AvgIpc) is 2.11. The smallest absolute Gasteiger partial charge is 0.134 e. The molecule has 0 fully saturated rings. The van der Waals surface area contributed by atoms with Crippen molar-refractivity contribution < 1.29 is 5.11 Å². The highest BCUT2D eigenvalue weighted by atomic mass is 79.9. The minimum atomic E-state index is -0.228. The summed E-state index contributed by atoms with van der Waals surface area (Å²) >= 11 is 6.59. The van der Waals surface area contributed by atoms with E-state index in [1.165, 1.54) is 0 Å². The summed E-state index contributed by atoms with van der Waals surface area (Å²) in [6.45, 7) is 0.505. The highest BCUT2D eigenvalue weighted by molar-refractivity contribution is 9.11. The normalized spacial score (nSPS) is 12.9. The molecule has 1 atom stereocenters. The van der Waals surface area contributed by atoms with Gasteiger partial charge in [0.25, 0.3) is 0 Å². The summed E-state index contributed by atoms with van der Waals surface area (Å²) < 4.78 is 1.51. The zero-order valence-electron chi connectivity index (χ0n) is 7.50. The second-order valence-corrected chi connectivity index (χ2v) is 4.78. The van der Waals surface area contributed by atoms with E-state index in [1.807, 2.05) is 0 Å². The minimum absolute atomic E-state index is 0.189. The Balaban J connectivity index is 3.07. The lowest BCUT2D eigenvalue weighted by molar-refractivity contribution is 0.455. The van der Waals surface area contributed by atoms with E-state index in [1.54, 1.807) is 12.1 Å². The first-order chi connectivity index (χ1) is 6.56. The number of phenolic OH excluding ortho intramolecular Hbond substituents is 1. The van der Waals surface area contributed by atoms with Crippen LogP contribution in [0, 0.1) is 0 Å². The molecule has 0 heterocycles. The van der Waals surface area contributed by atoms with Crippen molar-refractivity contribution in [2.24, 2.45) is 11.5 Å². The van der Waals surface area contributed by atoms with E-state index in [4.69, 9.17) is 11.5 Å². The lowest BCUT2D eigenvalue weighted by atomic mass is 10.0. The SMILES string of the molecule is NCC[C@@H](N)c1cc(Br)cc(Br)c1O. The van der Waals surface area contributed by atoms with E-state index in [9.17, 15) is 5.11 Å². The number of nitrogens with two attached hydrogens (primary N) is 2. The van der Waals surface area contributed by atoms with Crippen LogP contribution in [0.4, 0.5) is 0 Å². The number of benzene rings is 1. The summed E-state index contributed by atoms with van der Waals surface area (Å²) in [7, 11) is 0. The maximum Gasteiger partial charge on any atom is 0.134 e. The Morgan fingerprint density at radius 1 is 1.36 bits per heavy atom. The molecule has 0 amide bonds. The van der Waals surface area contributed by atoms with Crippen LogP contribution in [0.3, 0.4) is 0 Å². The summed E-state index contributed by atoms with van der Waals surface area (Å²) in [5, 5.41) is 9.73. The Morgan fingerprint density at radius 2 is 2.00 bits per heavy atom. The van der Waals surface area contributed by atoms with Crippen molar-refractivity contribution >= 4 is 31.9 Å². The number of aromatic hydroxyl groups is 1. The van der Waals surface area contributed by atoms with Crippen molar-refractivity contribution in [3.63, 3.8) is 0 Å². The van der Waals surface area contributed by atoms with Crippen molar-refractivity contribution in [2.45, 2.75) is 12.5 Å². The molecule has 0 aromatic heterocycles. The summed E-state index contributed by atoms with van der Waals surface area (Å²) in [6, 6.07) is 3.35. The summed E-state index contributed by atoms with van der Waals surface area (Å²) in [4.78, 5) is 0. The number of halogens is 2. The van der Waals surface area contributed by atoms with Crippen LogP contribution in [0.5, 0.6) is 5.75 Å². The largest absolute Gasteiger partial charge is 0.506 e. The molecule has 78 valence electrons. The van der Waals surface area contributed by atoms with Gasteiger partial charge in [-0.25, -0.2) is 0 Å². The molecule has 3 nitrogen and oxygen atoms in total. The van der Waals surface area contributed by atoms with E-state index >= 15 is 0 Å². The second-order valence-electron chi connectivity index (χ2n) is 3.01. The third kappa shape index (κ3) is 2.70. The van der Waals surface area contributed by atoms with Gasteiger partial charge in [0.1, 0.15) is 5.75 Å². The molecule has 5 N–H and O–H groups in total. The van der Waals surface area contributed by atoms with Gasteiger partial charge in [0.2, 0.25) is 0 Å². The van der Waals surface area contributed by atoms with Gasteiger partial charge in [-0.2, -0.15) is 0 Å². The van der Waals surface area contributed by atoms with Gasteiger partial charge in [0.15, 0.2) is 0 Å². The summed E-state index contributed by atoms with van der Waals surface area (Å²) in [5.41, 5.74) is 12.0. The first kappa shape index (κ1) is 12.0. The van der Waals surface area contributed by atoms with Crippen LogP contribution in [0.1, 0.15) is 18.0 Å². The Morgan fingerprint density at radius 3 is 2.57 bits per heavy atom. The predicted molar refractivity (Wildman–Crippen MR) is 64.1 cm³/mol. The highest BCUT2D eigenvalue weighted by Crippen LogP contribution is 2.35.